The summed E-state index contributed by atoms with van der Waals surface area (Å²) in [5.74, 6) is 0.804. The fourth-order valence-corrected chi connectivity index (χ4v) is 2.95. The molecular weight excluding hydrogens is 222 g/mol. The average molecular weight is 245 g/mol. The normalized spacial score (nSPS) is 23.6. The third-order valence-corrected chi connectivity index (χ3v) is 4.30. The Morgan fingerprint density at radius 1 is 1.44 bits per heavy atom. The molecule has 1 aliphatic rings. The smallest absolute Gasteiger partial charge is 0.144 e. The minimum Gasteiger partial charge on any atom is -0.316 e. The Morgan fingerprint density at radius 2 is 2.22 bits per heavy atom. The summed E-state index contributed by atoms with van der Waals surface area (Å²) in [7, 11) is 0. The summed E-state index contributed by atoms with van der Waals surface area (Å²) >= 11 is 0. The predicted molar refractivity (Wildman–Crippen MR) is 74.6 cm³/mol. The molecular formula is C16H23NO. The van der Waals surface area contributed by atoms with Crippen molar-refractivity contribution < 1.29 is 4.79 Å². The van der Waals surface area contributed by atoms with Crippen LogP contribution >= 0.6 is 0 Å². The molecule has 2 rings (SSSR count). The van der Waals surface area contributed by atoms with Crippen LogP contribution < -0.4 is 5.32 Å². The van der Waals surface area contributed by atoms with Crippen molar-refractivity contribution in [3.8, 4) is 0 Å². The average Bonchev–Trinajstić information content (AvgIpc) is 2.79. The Balaban J connectivity index is 2.16. The Bertz CT molecular complexity index is 430. The number of carbonyl (C=O) groups is 1. The lowest BCUT2D eigenvalue weighted by molar-refractivity contribution is -0.129. The first-order chi connectivity index (χ1) is 8.54. The zero-order valence-electron chi connectivity index (χ0n) is 11.6. The van der Waals surface area contributed by atoms with Gasteiger partial charge >= 0.3 is 0 Å². The molecule has 0 aromatic heterocycles. The number of hydrogen-bond donors (Lipinski definition) is 1. The van der Waals surface area contributed by atoms with E-state index in [-0.39, 0.29) is 5.41 Å². The van der Waals surface area contributed by atoms with E-state index in [1.54, 1.807) is 0 Å². The summed E-state index contributed by atoms with van der Waals surface area (Å²) in [6.07, 6.45) is 1.55. The number of carbonyl (C=O) groups excluding carboxylic acids is 1. The lowest BCUT2D eigenvalue weighted by Gasteiger charge is -2.31. The second kappa shape index (κ2) is 5.23. The van der Waals surface area contributed by atoms with Gasteiger partial charge in [-0.15, -0.1) is 0 Å². The molecule has 0 radical (unpaired) electrons. The summed E-state index contributed by atoms with van der Waals surface area (Å²) in [5, 5.41) is 3.35. The highest BCUT2D eigenvalue weighted by atomic mass is 16.1. The molecule has 0 bridgehead atoms. The molecule has 18 heavy (non-hydrogen) atoms. The number of rotatable bonds is 4. The molecule has 0 saturated carbocycles. The molecule has 1 saturated heterocycles. The molecule has 1 aromatic carbocycles. The van der Waals surface area contributed by atoms with Crippen molar-refractivity contribution >= 4 is 5.78 Å². The summed E-state index contributed by atoms with van der Waals surface area (Å²) in [4.78, 5) is 12.6. The van der Waals surface area contributed by atoms with Crippen molar-refractivity contribution in [2.75, 3.05) is 13.1 Å². The molecule has 1 heterocycles. The maximum absolute atomic E-state index is 12.6. The number of Topliss-reactive ketones (excluding diaryl/α,β-unsaturated/α-hetero) is 1. The highest BCUT2D eigenvalue weighted by molar-refractivity contribution is 5.87. The van der Waals surface area contributed by atoms with Crippen LogP contribution in [-0.4, -0.2) is 18.9 Å². The molecule has 1 fully saturated rings. The molecule has 0 aliphatic carbocycles. The van der Waals surface area contributed by atoms with Gasteiger partial charge in [-0.1, -0.05) is 43.7 Å². The summed E-state index contributed by atoms with van der Waals surface area (Å²) in [6, 6.07) is 8.28. The van der Waals surface area contributed by atoms with Gasteiger partial charge in [0, 0.05) is 18.4 Å². The van der Waals surface area contributed by atoms with E-state index >= 15 is 0 Å². The van der Waals surface area contributed by atoms with E-state index in [1.165, 1.54) is 5.56 Å². The van der Waals surface area contributed by atoms with Gasteiger partial charge in [-0.2, -0.15) is 0 Å². The van der Waals surface area contributed by atoms with E-state index < -0.39 is 0 Å². The van der Waals surface area contributed by atoms with Crippen molar-refractivity contribution in [3.63, 3.8) is 0 Å². The van der Waals surface area contributed by atoms with Crippen LogP contribution in [0.4, 0.5) is 0 Å². The van der Waals surface area contributed by atoms with Crippen LogP contribution in [0.25, 0.3) is 0 Å². The SMILES string of the molecule is Cc1cccc(CC(=O)C2(C(C)C)CCNC2)c1. The van der Waals surface area contributed by atoms with E-state index in [0.717, 1.165) is 25.1 Å². The van der Waals surface area contributed by atoms with Gasteiger partial charge in [0.2, 0.25) is 0 Å². The molecule has 1 N–H and O–H groups in total. The van der Waals surface area contributed by atoms with Crippen molar-refractivity contribution in [2.24, 2.45) is 11.3 Å². The van der Waals surface area contributed by atoms with Crippen LogP contribution in [0.15, 0.2) is 24.3 Å². The van der Waals surface area contributed by atoms with Gasteiger partial charge in [-0.05, 0) is 31.4 Å². The molecule has 1 aliphatic heterocycles. The number of benzene rings is 1. The molecule has 1 aromatic rings. The van der Waals surface area contributed by atoms with Crippen LogP contribution in [0.5, 0.6) is 0 Å². The van der Waals surface area contributed by atoms with Gasteiger partial charge in [0.1, 0.15) is 5.78 Å². The van der Waals surface area contributed by atoms with E-state index in [0.29, 0.717) is 18.1 Å². The molecule has 1 atom stereocenters. The number of aryl methyl sites for hydroxylation is 1. The first kappa shape index (κ1) is 13.3. The first-order valence-electron chi connectivity index (χ1n) is 6.84. The fraction of sp³-hybridized carbons (Fsp3) is 0.562. The van der Waals surface area contributed by atoms with Gasteiger partial charge in [-0.3, -0.25) is 4.79 Å². The largest absolute Gasteiger partial charge is 0.316 e. The van der Waals surface area contributed by atoms with Crippen LogP contribution in [-0.2, 0) is 11.2 Å². The lowest BCUT2D eigenvalue weighted by atomic mass is 9.71. The molecule has 2 heteroatoms. The monoisotopic (exact) mass is 245 g/mol. The molecule has 2 nitrogen and oxygen atoms in total. The Hall–Kier alpha value is -1.15. The third-order valence-electron chi connectivity index (χ3n) is 4.30. The second-order valence-electron chi connectivity index (χ2n) is 5.83. The van der Waals surface area contributed by atoms with Crippen LogP contribution in [0.2, 0.25) is 0 Å². The van der Waals surface area contributed by atoms with Crippen LogP contribution in [0.3, 0.4) is 0 Å². The minimum absolute atomic E-state index is 0.149. The van der Waals surface area contributed by atoms with Crippen LogP contribution in [0, 0.1) is 18.3 Å². The minimum atomic E-state index is -0.149. The zero-order valence-corrected chi connectivity index (χ0v) is 11.6. The van der Waals surface area contributed by atoms with Crippen molar-refractivity contribution in [1.29, 1.82) is 0 Å². The first-order valence-corrected chi connectivity index (χ1v) is 6.84. The highest BCUT2D eigenvalue weighted by Gasteiger charge is 2.42. The molecule has 0 spiro atoms. The van der Waals surface area contributed by atoms with E-state index in [4.69, 9.17) is 0 Å². The van der Waals surface area contributed by atoms with Gasteiger partial charge in [0.25, 0.3) is 0 Å². The maximum Gasteiger partial charge on any atom is 0.144 e. The molecule has 98 valence electrons. The predicted octanol–water partition coefficient (Wildman–Crippen LogP) is 2.74. The van der Waals surface area contributed by atoms with Gasteiger partial charge in [-0.25, -0.2) is 0 Å². The standard InChI is InChI=1S/C16H23NO/c1-12(2)16(7-8-17-11-16)15(18)10-14-6-4-5-13(3)9-14/h4-6,9,12,17H,7-8,10-11H2,1-3H3. The Morgan fingerprint density at radius 3 is 2.78 bits per heavy atom. The quantitative estimate of drug-likeness (QED) is 0.883. The topological polar surface area (TPSA) is 29.1 Å². The van der Waals surface area contributed by atoms with E-state index in [1.807, 2.05) is 6.07 Å². The molecule has 1 unspecified atom stereocenters. The van der Waals surface area contributed by atoms with Gasteiger partial charge in [0.05, 0.1) is 0 Å². The van der Waals surface area contributed by atoms with Gasteiger partial charge in [0.15, 0.2) is 0 Å². The third kappa shape index (κ3) is 2.49. The van der Waals surface area contributed by atoms with E-state index in [2.05, 4.69) is 44.3 Å². The highest BCUT2D eigenvalue weighted by Crippen LogP contribution is 2.36. The van der Waals surface area contributed by atoms with Gasteiger partial charge < -0.3 is 5.32 Å². The Kier molecular flexibility index (Phi) is 3.86. The lowest BCUT2D eigenvalue weighted by Crippen LogP contribution is -2.39. The number of ketones is 1. The Labute approximate surface area is 110 Å². The van der Waals surface area contributed by atoms with Crippen LogP contribution in [0.1, 0.15) is 31.4 Å². The van der Waals surface area contributed by atoms with E-state index in [9.17, 15) is 4.79 Å². The zero-order chi connectivity index (χ0) is 13.2. The second-order valence-corrected chi connectivity index (χ2v) is 5.83. The summed E-state index contributed by atoms with van der Waals surface area (Å²) in [6.45, 7) is 8.22. The number of nitrogens with one attached hydrogen (secondary N) is 1. The number of hydrogen-bond acceptors (Lipinski definition) is 2. The van der Waals surface area contributed by atoms with Crippen molar-refractivity contribution in [1.82, 2.24) is 5.32 Å². The van der Waals surface area contributed by atoms with Crippen molar-refractivity contribution in [3.05, 3.63) is 35.4 Å². The summed E-state index contributed by atoms with van der Waals surface area (Å²) in [5.41, 5.74) is 2.22. The van der Waals surface area contributed by atoms with Crippen molar-refractivity contribution in [2.45, 2.75) is 33.6 Å². The molecule has 0 amide bonds. The summed E-state index contributed by atoms with van der Waals surface area (Å²) < 4.78 is 0. The fourth-order valence-electron chi connectivity index (χ4n) is 2.95. The maximum atomic E-state index is 12.6.